The number of hydrogen-bond acceptors (Lipinski definition) is 2. The van der Waals surface area contributed by atoms with Gasteiger partial charge in [-0.2, -0.15) is 0 Å². The van der Waals surface area contributed by atoms with Gasteiger partial charge < -0.3 is 9.84 Å². The van der Waals surface area contributed by atoms with Crippen molar-refractivity contribution < 1.29 is 9.84 Å². The van der Waals surface area contributed by atoms with Gasteiger partial charge in [-0.15, -0.1) is 0 Å². The quantitative estimate of drug-likeness (QED) is 0.785. The molecule has 3 rings (SSSR count). The van der Waals surface area contributed by atoms with E-state index in [2.05, 4.69) is 13.0 Å². The van der Waals surface area contributed by atoms with Gasteiger partial charge in [-0.3, -0.25) is 0 Å². The summed E-state index contributed by atoms with van der Waals surface area (Å²) in [4.78, 5) is 0. The standard InChI is InChI=1S/C14H18O2/c1-10-6-11-8-14(4-2-3-5-14)16-13(11)12(7-10)9-15/h6-7,15H,2-5,8-9H2,1H3. The van der Waals surface area contributed by atoms with Gasteiger partial charge in [0, 0.05) is 12.0 Å². The maximum Gasteiger partial charge on any atom is 0.129 e. The Balaban J connectivity index is 2.02. The van der Waals surface area contributed by atoms with Crippen molar-refractivity contribution in [1.82, 2.24) is 0 Å². The Bertz CT molecular complexity index is 417. The molecule has 0 unspecified atom stereocenters. The van der Waals surface area contributed by atoms with Crippen molar-refractivity contribution in [3.8, 4) is 5.75 Å². The predicted molar refractivity (Wildman–Crippen MR) is 62.6 cm³/mol. The fourth-order valence-electron chi connectivity index (χ4n) is 3.21. The molecule has 1 spiro atoms. The van der Waals surface area contributed by atoms with Crippen molar-refractivity contribution in [3.05, 3.63) is 28.8 Å². The van der Waals surface area contributed by atoms with Crippen LogP contribution in [0.2, 0.25) is 0 Å². The zero-order valence-electron chi connectivity index (χ0n) is 9.75. The Morgan fingerprint density at radius 2 is 2.06 bits per heavy atom. The fourth-order valence-corrected chi connectivity index (χ4v) is 3.21. The van der Waals surface area contributed by atoms with Crippen LogP contribution in [0.25, 0.3) is 0 Å². The number of aliphatic hydroxyl groups excluding tert-OH is 1. The summed E-state index contributed by atoms with van der Waals surface area (Å²) >= 11 is 0. The molecule has 0 bridgehead atoms. The number of fused-ring (bicyclic) bond motifs is 1. The van der Waals surface area contributed by atoms with Crippen molar-refractivity contribution in [3.63, 3.8) is 0 Å². The highest BCUT2D eigenvalue weighted by molar-refractivity contribution is 5.48. The van der Waals surface area contributed by atoms with Crippen LogP contribution in [0, 0.1) is 6.92 Å². The highest BCUT2D eigenvalue weighted by Gasteiger charge is 2.42. The second kappa shape index (κ2) is 3.49. The van der Waals surface area contributed by atoms with Crippen LogP contribution >= 0.6 is 0 Å². The largest absolute Gasteiger partial charge is 0.486 e. The Kier molecular flexibility index (Phi) is 2.21. The minimum absolute atomic E-state index is 0.0695. The van der Waals surface area contributed by atoms with E-state index in [1.165, 1.54) is 36.8 Å². The zero-order valence-corrected chi connectivity index (χ0v) is 9.75. The second-order valence-electron chi connectivity index (χ2n) is 5.24. The lowest BCUT2D eigenvalue weighted by Crippen LogP contribution is -2.30. The third-order valence-corrected chi connectivity index (χ3v) is 3.90. The molecule has 1 aliphatic heterocycles. The molecule has 16 heavy (non-hydrogen) atoms. The van der Waals surface area contributed by atoms with E-state index in [-0.39, 0.29) is 12.2 Å². The van der Waals surface area contributed by atoms with Gasteiger partial charge in [0.15, 0.2) is 0 Å². The van der Waals surface area contributed by atoms with Gasteiger partial charge in [-0.05, 0) is 38.2 Å². The molecule has 0 radical (unpaired) electrons. The van der Waals surface area contributed by atoms with Crippen LogP contribution < -0.4 is 4.74 Å². The van der Waals surface area contributed by atoms with Gasteiger partial charge in [0.25, 0.3) is 0 Å². The minimum atomic E-state index is 0.0695. The normalized spacial score (nSPS) is 21.1. The smallest absolute Gasteiger partial charge is 0.129 e. The van der Waals surface area contributed by atoms with Crippen molar-refractivity contribution >= 4 is 0 Å². The molecule has 2 aliphatic rings. The van der Waals surface area contributed by atoms with Crippen LogP contribution in [-0.2, 0) is 13.0 Å². The number of aliphatic hydroxyl groups is 1. The number of aryl methyl sites for hydroxylation is 1. The van der Waals surface area contributed by atoms with E-state index in [1.54, 1.807) is 0 Å². The first-order chi connectivity index (χ1) is 7.72. The summed E-state index contributed by atoms with van der Waals surface area (Å²) in [6.45, 7) is 2.17. The molecular formula is C14H18O2. The van der Waals surface area contributed by atoms with Gasteiger partial charge in [0.2, 0.25) is 0 Å². The van der Waals surface area contributed by atoms with Gasteiger partial charge >= 0.3 is 0 Å². The lowest BCUT2D eigenvalue weighted by Gasteiger charge is -2.22. The molecule has 0 amide bonds. The SMILES string of the molecule is Cc1cc(CO)c2c(c1)CC1(CCCC1)O2. The topological polar surface area (TPSA) is 29.5 Å². The molecule has 0 atom stereocenters. The molecule has 1 aromatic rings. The Morgan fingerprint density at radius 1 is 1.31 bits per heavy atom. The average molecular weight is 218 g/mol. The summed E-state index contributed by atoms with van der Waals surface area (Å²) in [7, 11) is 0. The molecular weight excluding hydrogens is 200 g/mol. The Hall–Kier alpha value is -1.02. The van der Waals surface area contributed by atoms with Gasteiger partial charge in [-0.25, -0.2) is 0 Å². The molecule has 0 saturated heterocycles. The van der Waals surface area contributed by atoms with E-state index < -0.39 is 0 Å². The third kappa shape index (κ3) is 1.44. The summed E-state index contributed by atoms with van der Waals surface area (Å²) in [6.07, 6.45) is 5.94. The lowest BCUT2D eigenvalue weighted by atomic mass is 9.94. The molecule has 1 N–H and O–H groups in total. The monoisotopic (exact) mass is 218 g/mol. The maximum absolute atomic E-state index is 9.38. The van der Waals surface area contributed by atoms with Crippen LogP contribution in [0.5, 0.6) is 5.75 Å². The van der Waals surface area contributed by atoms with Crippen LogP contribution in [0.1, 0.15) is 42.4 Å². The molecule has 1 fully saturated rings. The Morgan fingerprint density at radius 3 is 2.75 bits per heavy atom. The summed E-state index contributed by atoms with van der Waals surface area (Å²) in [6, 6.07) is 4.24. The van der Waals surface area contributed by atoms with Crippen LogP contribution in [0.15, 0.2) is 12.1 Å². The van der Waals surface area contributed by atoms with Crippen LogP contribution in [0.4, 0.5) is 0 Å². The van der Waals surface area contributed by atoms with E-state index in [0.29, 0.717) is 0 Å². The first kappa shape index (κ1) is 10.2. The first-order valence-electron chi connectivity index (χ1n) is 6.15. The van der Waals surface area contributed by atoms with Crippen molar-refractivity contribution in [2.75, 3.05) is 0 Å². The first-order valence-corrected chi connectivity index (χ1v) is 6.15. The van der Waals surface area contributed by atoms with Crippen LogP contribution in [0.3, 0.4) is 0 Å². The predicted octanol–water partition coefficient (Wildman–Crippen LogP) is 2.74. The van der Waals surface area contributed by atoms with E-state index in [0.717, 1.165) is 17.7 Å². The van der Waals surface area contributed by atoms with Crippen molar-refractivity contribution in [2.45, 2.75) is 51.2 Å². The van der Waals surface area contributed by atoms with Gasteiger partial charge in [0.1, 0.15) is 11.4 Å². The number of benzene rings is 1. The number of rotatable bonds is 1. The second-order valence-corrected chi connectivity index (χ2v) is 5.24. The summed E-state index contributed by atoms with van der Waals surface area (Å²) in [5, 5.41) is 9.38. The Labute approximate surface area is 96.2 Å². The van der Waals surface area contributed by atoms with Crippen molar-refractivity contribution in [1.29, 1.82) is 0 Å². The highest BCUT2D eigenvalue weighted by Crippen LogP contribution is 2.46. The lowest BCUT2D eigenvalue weighted by molar-refractivity contribution is 0.100. The molecule has 1 heterocycles. The summed E-state index contributed by atoms with van der Waals surface area (Å²) < 4.78 is 6.17. The molecule has 2 heteroatoms. The molecule has 1 saturated carbocycles. The van der Waals surface area contributed by atoms with Gasteiger partial charge in [0.05, 0.1) is 6.61 Å². The van der Waals surface area contributed by atoms with Gasteiger partial charge in [-0.1, -0.05) is 17.7 Å². The van der Waals surface area contributed by atoms with E-state index in [4.69, 9.17) is 4.74 Å². The molecule has 1 aromatic carbocycles. The summed E-state index contributed by atoms with van der Waals surface area (Å²) in [5.74, 6) is 0.968. The molecule has 1 aliphatic carbocycles. The van der Waals surface area contributed by atoms with E-state index >= 15 is 0 Å². The highest BCUT2D eigenvalue weighted by atomic mass is 16.5. The number of ether oxygens (including phenoxy) is 1. The zero-order chi connectivity index (χ0) is 11.2. The summed E-state index contributed by atoms with van der Waals surface area (Å²) in [5.41, 5.74) is 3.55. The minimum Gasteiger partial charge on any atom is -0.486 e. The van der Waals surface area contributed by atoms with Crippen molar-refractivity contribution in [2.24, 2.45) is 0 Å². The molecule has 2 nitrogen and oxygen atoms in total. The molecule has 86 valence electrons. The van der Waals surface area contributed by atoms with E-state index in [9.17, 15) is 5.11 Å². The van der Waals surface area contributed by atoms with Crippen LogP contribution in [-0.4, -0.2) is 10.7 Å². The molecule has 0 aromatic heterocycles. The average Bonchev–Trinajstić information content (AvgIpc) is 2.84. The number of hydrogen-bond donors (Lipinski definition) is 1. The fraction of sp³-hybridized carbons (Fsp3) is 0.571. The third-order valence-electron chi connectivity index (χ3n) is 3.90. The van der Waals surface area contributed by atoms with E-state index in [1.807, 2.05) is 6.07 Å². The maximum atomic E-state index is 9.38.